The molecule has 0 radical (unpaired) electrons. The summed E-state index contributed by atoms with van der Waals surface area (Å²) in [6.45, 7) is 6.45. The lowest BCUT2D eigenvalue weighted by atomic mass is 9.99. The van der Waals surface area contributed by atoms with Gasteiger partial charge in [0.1, 0.15) is 0 Å². The van der Waals surface area contributed by atoms with Gasteiger partial charge in [-0.3, -0.25) is 0 Å². The van der Waals surface area contributed by atoms with Crippen LogP contribution in [0, 0.1) is 20.8 Å². The second-order valence-electron chi connectivity index (χ2n) is 6.67. The summed E-state index contributed by atoms with van der Waals surface area (Å²) in [6, 6.07) is 24.2. The zero-order valence-corrected chi connectivity index (χ0v) is 14.4. The Balaban J connectivity index is 1.76. The number of nitrogens with one attached hydrogen (secondary N) is 1. The Kier molecular flexibility index (Phi) is 3.50. The smallest absolute Gasteiger partial charge is 0.0458 e. The SMILES string of the molecule is Cc1ccc(-c2ccc(-c3ccc4c(C)cc(C)cc4c3)[nH]2)cc1. The van der Waals surface area contributed by atoms with Crippen LogP contribution < -0.4 is 0 Å². The molecule has 4 rings (SSSR count). The Bertz CT molecular complexity index is 1020. The summed E-state index contributed by atoms with van der Waals surface area (Å²) < 4.78 is 0. The molecule has 1 heterocycles. The van der Waals surface area contributed by atoms with E-state index < -0.39 is 0 Å². The number of rotatable bonds is 2. The van der Waals surface area contributed by atoms with Crippen molar-refractivity contribution in [3.05, 3.63) is 83.4 Å². The van der Waals surface area contributed by atoms with Crippen molar-refractivity contribution >= 4 is 10.8 Å². The minimum Gasteiger partial charge on any atom is -0.355 e. The molecule has 0 spiro atoms. The molecule has 3 aromatic carbocycles. The van der Waals surface area contributed by atoms with Crippen LogP contribution in [0.1, 0.15) is 16.7 Å². The van der Waals surface area contributed by atoms with Crippen molar-refractivity contribution in [2.45, 2.75) is 20.8 Å². The number of fused-ring (bicyclic) bond motifs is 1. The summed E-state index contributed by atoms with van der Waals surface area (Å²) in [7, 11) is 0. The van der Waals surface area contributed by atoms with Gasteiger partial charge in [0.25, 0.3) is 0 Å². The van der Waals surface area contributed by atoms with E-state index in [0.29, 0.717) is 0 Å². The fraction of sp³-hybridized carbons (Fsp3) is 0.130. The van der Waals surface area contributed by atoms with E-state index in [4.69, 9.17) is 0 Å². The molecule has 1 aromatic heterocycles. The number of hydrogen-bond donors (Lipinski definition) is 1. The van der Waals surface area contributed by atoms with Crippen LogP contribution in [0.5, 0.6) is 0 Å². The molecule has 0 amide bonds. The maximum Gasteiger partial charge on any atom is 0.0458 e. The first-order valence-electron chi connectivity index (χ1n) is 8.37. The second-order valence-corrected chi connectivity index (χ2v) is 6.67. The molecular formula is C23H21N. The maximum absolute atomic E-state index is 3.56. The van der Waals surface area contributed by atoms with Gasteiger partial charge < -0.3 is 4.98 Å². The largest absolute Gasteiger partial charge is 0.355 e. The summed E-state index contributed by atoms with van der Waals surface area (Å²) in [6.07, 6.45) is 0. The number of aromatic amines is 1. The Morgan fingerprint density at radius 2 is 1.25 bits per heavy atom. The molecule has 0 bridgehead atoms. The highest BCUT2D eigenvalue weighted by Crippen LogP contribution is 2.29. The molecule has 1 nitrogen and oxygen atoms in total. The van der Waals surface area contributed by atoms with Crippen LogP contribution in [0.2, 0.25) is 0 Å². The lowest BCUT2D eigenvalue weighted by Crippen LogP contribution is -1.84. The van der Waals surface area contributed by atoms with E-state index in [2.05, 4.69) is 92.5 Å². The third kappa shape index (κ3) is 2.63. The van der Waals surface area contributed by atoms with Gasteiger partial charge in [0.05, 0.1) is 0 Å². The van der Waals surface area contributed by atoms with Gasteiger partial charge in [0.15, 0.2) is 0 Å². The van der Waals surface area contributed by atoms with Gasteiger partial charge in [0, 0.05) is 11.4 Å². The van der Waals surface area contributed by atoms with Gasteiger partial charge in [-0.05, 0) is 66.4 Å². The van der Waals surface area contributed by atoms with Gasteiger partial charge in [0.2, 0.25) is 0 Å². The van der Waals surface area contributed by atoms with Crippen LogP contribution in [0.3, 0.4) is 0 Å². The van der Waals surface area contributed by atoms with Gasteiger partial charge in [-0.25, -0.2) is 0 Å². The molecule has 1 N–H and O–H groups in total. The van der Waals surface area contributed by atoms with E-state index in [9.17, 15) is 0 Å². The second kappa shape index (κ2) is 5.68. The first-order valence-corrected chi connectivity index (χ1v) is 8.37. The van der Waals surface area contributed by atoms with E-state index in [1.54, 1.807) is 0 Å². The fourth-order valence-electron chi connectivity index (χ4n) is 3.38. The van der Waals surface area contributed by atoms with Gasteiger partial charge in [-0.2, -0.15) is 0 Å². The first kappa shape index (κ1) is 14.8. The summed E-state index contributed by atoms with van der Waals surface area (Å²) in [5.41, 5.74) is 8.69. The molecule has 0 fully saturated rings. The highest BCUT2D eigenvalue weighted by Gasteiger charge is 2.06. The monoisotopic (exact) mass is 311 g/mol. The summed E-state index contributed by atoms with van der Waals surface area (Å²) in [5.74, 6) is 0. The number of aryl methyl sites for hydroxylation is 3. The van der Waals surface area contributed by atoms with Crippen LogP contribution in [0.4, 0.5) is 0 Å². The standard InChI is InChI=1S/C23H21N/c1-15-4-6-18(7-5-15)22-10-11-23(24-22)19-8-9-21-17(3)12-16(2)13-20(21)14-19/h4-14,24H,1-3H3. The Labute approximate surface area is 143 Å². The molecule has 0 saturated carbocycles. The van der Waals surface area contributed by atoms with Crippen molar-refractivity contribution in [1.29, 1.82) is 0 Å². The molecule has 0 saturated heterocycles. The molecule has 0 aliphatic heterocycles. The Hall–Kier alpha value is -2.80. The van der Waals surface area contributed by atoms with Crippen molar-refractivity contribution in [3.63, 3.8) is 0 Å². The average molecular weight is 311 g/mol. The first-order chi connectivity index (χ1) is 11.6. The van der Waals surface area contributed by atoms with Crippen molar-refractivity contribution in [3.8, 4) is 22.5 Å². The lowest BCUT2D eigenvalue weighted by molar-refractivity contribution is 1.38. The molecule has 0 atom stereocenters. The van der Waals surface area contributed by atoms with E-state index in [1.807, 2.05) is 0 Å². The molecule has 0 aliphatic rings. The molecule has 4 aromatic rings. The number of H-pyrrole nitrogens is 1. The number of aromatic nitrogens is 1. The third-order valence-corrected chi connectivity index (χ3v) is 4.66. The Morgan fingerprint density at radius 1 is 0.583 bits per heavy atom. The normalized spacial score (nSPS) is 11.1. The predicted octanol–water partition coefficient (Wildman–Crippen LogP) is 6.43. The highest BCUT2D eigenvalue weighted by molar-refractivity contribution is 5.90. The lowest BCUT2D eigenvalue weighted by Gasteiger charge is -2.07. The average Bonchev–Trinajstić information content (AvgIpc) is 3.05. The van der Waals surface area contributed by atoms with Crippen LogP contribution in [-0.2, 0) is 0 Å². The Morgan fingerprint density at radius 3 is 2.00 bits per heavy atom. The molecule has 1 heteroatoms. The van der Waals surface area contributed by atoms with Crippen LogP contribution in [-0.4, -0.2) is 4.98 Å². The van der Waals surface area contributed by atoms with Crippen molar-refractivity contribution < 1.29 is 0 Å². The topological polar surface area (TPSA) is 15.8 Å². The fourth-order valence-corrected chi connectivity index (χ4v) is 3.38. The summed E-state index contributed by atoms with van der Waals surface area (Å²) in [5, 5.41) is 2.63. The number of benzene rings is 3. The molecule has 0 unspecified atom stereocenters. The minimum atomic E-state index is 1.16. The quantitative estimate of drug-likeness (QED) is 0.439. The molecule has 24 heavy (non-hydrogen) atoms. The number of hydrogen-bond acceptors (Lipinski definition) is 0. The third-order valence-electron chi connectivity index (χ3n) is 4.66. The van der Waals surface area contributed by atoms with Gasteiger partial charge in [-0.15, -0.1) is 0 Å². The van der Waals surface area contributed by atoms with Crippen molar-refractivity contribution in [1.82, 2.24) is 4.98 Å². The zero-order chi connectivity index (χ0) is 16.7. The van der Waals surface area contributed by atoms with Gasteiger partial charge in [-0.1, -0.05) is 59.7 Å². The molecular weight excluding hydrogens is 290 g/mol. The molecule has 0 aliphatic carbocycles. The van der Waals surface area contributed by atoms with E-state index in [-0.39, 0.29) is 0 Å². The van der Waals surface area contributed by atoms with Crippen LogP contribution in [0.15, 0.2) is 66.7 Å². The van der Waals surface area contributed by atoms with Crippen molar-refractivity contribution in [2.24, 2.45) is 0 Å². The zero-order valence-electron chi connectivity index (χ0n) is 14.4. The predicted molar refractivity (Wildman–Crippen MR) is 103 cm³/mol. The summed E-state index contributed by atoms with van der Waals surface area (Å²) >= 11 is 0. The van der Waals surface area contributed by atoms with Crippen LogP contribution >= 0.6 is 0 Å². The van der Waals surface area contributed by atoms with Gasteiger partial charge >= 0.3 is 0 Å². The highest BCUT2D eigenvalue weighted by atomic mass is 14.7. The van der Waals surface area contributed by atoms with E-state index in [0.717, 1.165) is 11.4 Å². The van der Waals surface area contributed by atoms with E-state index in [1.165, 1.54) is 38.6 Å². The maximum atomic E-state index is 3.56. The minimum absolute atomic E-state index is 1.16. The van der Waals surface area contributed by atoms with Crippen molar-refractivity contribution in [2.75, 3.05) is 0 Å². The van der Waals surface area contributed by atoms with E-state index >= 15 is 0 Å². The van der Waals surface area contributed by atoms with Crippen LogP contribution in [0.25, 0.3) is 33.3 Å². The molecule has 118 valence electrons. The summed E-state index contributed by atoms with van der Waals surface area (Å²) in [4.78, 5) is 3.56.